The summed E-state index contributed by atoms with van der Waals surface area (Å²) in [5.74, 6) is 0.317. The van der Waals surface area contributed by atoms with Crippen molar-refractivity contribution in [2.75, 3.05) is 11.9 Å². The molecule has 0 aromatic carbocycles. The Morgan fingerprint density at radius 1 is 1.41 bits per heavy atom. The molecule has 1 heterocycles. The molecule has 0 radical (unpaired) electrons. The molecule has 0 saturated carbocycles. The molecule has 5 nitrogen and oxygen atoms in total. The standard InChI is InChI=1S/C9H10F3N3O2/c10-9(11,12)4-1-5-13-8-3-2-7(6-14-8)15(16)17/h2-3,6H,1,4-5H2,(H,13,14). The smallest absolute Gasteiger partial charge is 0.370 e. The number of pyridine rings is 1. The number of aromatic nitrogens is 1. The van der Waals surface area contributed by atoms with Crippen LogP contribution in [0.1, 0.15) is 12.8 Å². The number of nitro groups is 1. The van der Waals surface area contributed by atoms with E-state index in [1.165, 1.54) is 12.1 Å². The normalized spacial score (nSPS) is 11.2. The molecule has 1 aromatic heterocycles. The Labute approximate surface area is 94.8 Å². The summed E-state index contributed by atoms with van der Waals surface area (Å²) >= 11 is 0. The van der Waals surface area contributed by atoms with Crippen molar-refractivity contribution in [3.05, 3.63) is 28.4 Å². The number of halogens is 3. The lowest BCUT2D eigenvalue weighted by Crippen LogP contribution is -2.11. The van der Waals surface area contributed by atoms with Crippen molar-refractivity contribution >= 4 is 11.5 Å². The van der Waals surface area contributed by atoms with Crippen LogP contribution in [0.2, 0.25) is 0 Å². The quantitative estimate of drug-likeness (QED) is 0.495. The second-order valence-corrected chi connectivity index (χ2v) is 3.30. The van der Waals surface area contributed by atoms with Gasteiger partial charge < -0.3 is 5.32 Å². The van der Waals surface area contributed by atoms with Crippen LogP contribution in [0.5, 0.6) is 0 Å². The second-order valence-electron chi connectivity index (χ2n) is 3.30. The zero-order valence-corrected chi connectivity index (χ0v) is 8.70. The third kappa shape index (κ3) is 5.14. The highest BCUT2D eigenvalue weighted by Gasteiger charge is 2.25. The molecule has 0 atom stereocenters. The molecule has 0 fully saturated rings. The van der Waals surface area contributed by atoms with Gasteiger partial charge in [0.1, 0.15) is 12.0 Å². The highest BCUT2D eigenvalue weighted by atomic mass is 19.4. The number of nitrogens with one attached hydrogen (secondary N) is 1. The third-order valence-corrected chi connectivity index (χ3v) is 1.90. The van der Waals surface area contributed by atoms with Crippen LogP contribution in [-0.4, -0.2) is 22.6 Å². The summed E-state index contributed by atoms with van der Waals surface area (Å²) in [5.41, 5.74) is -0.161. The Morgan fingerprint density at radius 2 is 2.12 bits per heavy atom. The van der Waals surface area contributed by atoms with Gasteiger partial charge in [-0.25, -0.2) is 4.98 Å². The van der Waals surface area contributed by atoms with Crippen molar-refractivity contribution in [3.8, 4) is 0 Å². The molecule has 94 valence electrons. The van der Waals surface area contributed by atoms with Crippen LogP contribution in [0, 0.1) is 10.1 Å². The summed E-state index contributed by atoms with van der Waals surface area (Å²) in [6, 6.07) is 2.59. The molecule has 17 heavy (non-hydrogen) atoms. The van der Waals surface area contributed by atoms with E-state index >= 15 is 0 Å². The van der Waals surface area contributed by atoms with Crippen molar-refractivity contribution in [1.82, 2.24) is 4.98 Å². The summed E-state index contributed by atoms with van der Waals surface area (Å²) in [7, 11) is 0. The van der Waals surface area contributed by atoms with Crippen LogP contribution >= 0.6 is 0 Å². The van der Waals surface area contributed by atoms with Crippen molar-refractivity contribution in [2.45, 2.75) is 19.0 Å². The Bertz CT molecular complexity index is 378. The zero-order chi connectivity index (χ0) is 12.9. The van der Waals surface area contributed by atoms with Gasteiger partial charge >= 0.3 is 6.18 Å². The molecule has 0 aliphatic heterocycles. The van der Waals surface area contributed by atoms with E-state index in [1.807, 2.05) is 0 Å². The van der Waals surface area contributed by atoms with Crippen molar-refractivity contribution < 1.29 is 18.1 Å². The molecule has 0 spiro atoms. The third-order valence-electron chi connectivity index (χ3n) is 1.90. The summed E-state index contributed by atoms with van der Waals surface area (Å²) < 4.78 is 35.4. The Balaban J connectivity index is 2.35. The molecular formula is C9H10F3N3O2. The molecule has 1 N–H and O–H groups in total. The molecule has 0 aliphatic rings. The number of rotatable bonds is 5. The second kappa shape index (κ2) is 5.46. The average Bonchev–Trinajstić information content (AvgIpc) is 2.24. The van der Waals surface area contributed by atoms with Crippen LogP contribution in [0.25, 0.3) is 0 Å². The minimum absolute atomic E-state index is 0.0673. The van der Waals surface area contributed by atoms with Gasteiger partial charge in [-0.3, -0.25) is 10.1 Å². The molecule has 0 amide bonds. The van der Waals surface area contributed by atoms with Crippen molar-refractivity contribution in [1.29, 1.82) is 0 Å². The SMILES string of the molecule is O=[N+]([O-])c1ccc(NCCCC(F)(F)F)nc1. The largest absolute Gasteiger partial charge is 0.389 e. The number of nitrogens with zero attached hydrogens (tertiary/aromatic N) is 2. The molecule has 1 aromatic rings. The predicted molar refractivity (Wildman–Crippen MR) is 54.7 cm³/mol. The summed E-state index contributed by atoms with van der Waals surface area (Å²) in [4.78, 5) is 13.4. The highest BCUT2D eigenvalue weighted by molar-refractivity contribution is 5.39. The van der Waals surface area contributed by atoms with E-state index in [0.717, 1.165) is 6.20 Å². The topological polar surface area (TPSA) is 68.1 Å². The Morgan fingerprint density at radius 3 is 2.59 bits per heavy atom. The number of hydrogen-bond acceptors (Lipinski definition) is 4. The van der Waals surface area contributed by atoms with Gasteiger partial charge in [-0.1, -0.05) is 0 Å². The molecular weight excluding hydrogens is 239 g/mol. The first-order valence-corrected chi connectivity index (χ1v) is 4.79. The minimum atomic E-state index is -4.16. The fourth-order valence-corrected chi connectivity index (χ4v) is 1.10. The van der Waals surface area contributed by atoms with Crippen molar-refractivity contribution in [3.63, 3.8) is 0 Å². The maximum absolute atomic E-state index is 11.8. The molecule has 8 heteroatoms. The lowest BCUT2D eigenvalue weighted by atomic mass is 10.3. The van der Waals surface area contributed by atoms with E-state index in [-0.39, 0.29) is 18.7 Å². The van der Waals surface area contributed by atoms with Crippen LogP contribution in [0.4, 0.5) is 24.7 Å². The van der Waals surface area contributed by atoms with E-state index in [0.29, 0.717) is 5.82 Å². The monoisotopic (exact) mass is 249 g/mol. The highest BCUT2D eigenvalue weighted by Crippen LogP contribution is 2.21. The fraction of sp³-hybridized carbons (Fsp3) is 0.444. The predicted octanol–water partition coefficient (Wildman–Crippen LogP) is 2.74. The molecule has 1 rings (SSSR count). The van der Waals surface area contributed by atoms with Gasteiger partial charge in [-0.2, -0.15) is 13.2 Å². The minimum Gasteiger partial charge on any atom is -0.370 e. The molecule has 0 unspecified atom stereocenters. The van der Waals surface area contributed by atoms with Gasteiger partial charge in [-0.05, 0) is 12.5 Å². The van der Waals surface area contributed by atoms with Gasteiger partial charge in [0.15, 0.2) is 0 Å². The molecule has 0 saturated heterocycles. The Kier molecular flexibility index (Phi) is 4.24. The fourth-order valence-electron chi connectivity index (χ4n) is 1.10. The van der Waals surface area contributed by atoms with Crippen LogP contribution in [0.15, 0.2) is 18.3 Å². The number of alkyl halides is 3. The van der Waals surface area contributed by atoms with Crippen molar-refractivity contribution in [2.24, 2.45) is 0 Å². The summed E-state index contributed by atoms with van der Waals surface area (Å²) in [6.45, 7) is 0.115. The van der Waals surface area contributed by atoms with Gasteiger partial charge in [0.2, 0.25) is 0 Å². The van der Waals surface area contributed by atoms with E-state index < -0.39 is 17.5 Å². The number of anilines is 1. The molecule has 0 aliphatic carbocycles. The van der Waals surface area contributed by atoms with Gasteiger partial charge in [0, 0.05) is 19.0 Å². The molecule has 0 bridgehead atoms. The van der Waals surface area contributed by atoms with Gasteiger partial charge in [0.05, 0.1) is 4.92 Å². The van der Waals surface area contributed by atoms with Crippen LogP contribution in [-0.2, 0) is 0 Å². The maximum Gasteiger partial charge on any atom is 0.389 e. The summed E-state index contributed by atoms with van der Waals surface area (Å²) in [5, 5.41) is 13.0. The average molecular weight is 249 g/mol. The Hall–Kier alpha value is -1.86. The van der Waals surface area contributed by atoms with Crippen LogP contribution in [0.3, 0.4) is 0 Å². The van der Waals surface area contributed by atoms with Crippen LogP contribution < -0.4 is 5.32 Å². The van der Waals surface area contributed by atoms with Gasteiger partial charge in [-0.15, -0.1) is 0 Å². The van der Waals surface area contributed by atoms with E-state index in [9.17, 15) is 23.3 Å². The first kappa shape index (κ1) is 13.2. The lowest BCUT2D eigenvalue weighted by molar-refractivity contribution is -0.385. The maximum atomic E-state index is 11.8. The lowest BCUT2D eigenvalue weighted by Gasteiger charge is -2.07. The van der Waals surface area contributed by atoms with Gasteiger partial charge in [0.25, 0.3) is 5.69 Å². The first-order chi connectivity index (χ1) is 7.88. The van der Waals surface area contributed by atoms with E-state index in [4.69, 9.17) is 0 Å². The first-order valence-electron chi connectivity index (χ1n) is 4.79. The summed E-state index contributed by atoms with van der Waals surface area (Å²) in [6.07, 6.45) is -4.05. The zero-order valence-electron chi connectivity index (χ0n) is 8.70. The van der Waals surface area contributed by atoms with E-state index in [1.54, 1.807) is 0 Å². The number of hydrogen-bond donors (Lipinski definition) is 1. The van der Waals surface area contributed by atoms with E-state index in [2.05, 4.69) is 10.3 Å².